The first-order chi connectivity index (χ1) is 9.02. The molecule has 1 rings (SSSR count). The van der Waals surface area contributed by atoms with Crippen molar-refractivity contribution in [2.75, 3.05) is 39.5 Å². The number of hydrogen-bond acceptors (Lipinski definition) is 3. The molecule has 4 heteroatoms. The molecule has 0 aliphatic rings. The maximum absolute atomic E-state index is 12.3. The predicted molar refractivity (Wildman–Crippen MR) is 80.0 cm³/mol. The van der Waals surface area contributed by atoms with Crippen molar-refractivity contribution in [3.63, 3.8) is 0 Å². The Morgan fingerprint density at radius 2 is 1.74 bits per heavy atom. The zero-order chi connectivity index (χ0) is 14.3. The number of nitrogens with two attached hydrogens (primary N) is 1. The molecule has 0 heterocycles. The summed E-state index contributed by atoms with van der Waals surface area (Å²) in [5.41, 5.74) is 7.39. The second-order valence-electron chi connectivity index (χ2n) is 5.10. The van der Waals surface area contributed by atoms with Crippen LogP contribution in [0.4, 0.5) is 5.69 Å². The van der Waals surface area contributed by atoms with Gasteiger partial charge in [-0.15, -0.1) is 0 Å². The van der Waals surface area contributed by atoms with Gasteiger partial charge in [0.1, 0.15) is 0 Å². The van der Waals surface area contributed by atoms with Gasteiger partial charge in [-0.3, -0.25) is 4.79 Å². The summed E-state index contributed by atoms with van der Waals surface area (Å²) in [4.78, 5) is 16.3. The lowest BCUT2D eigenvalue weighted by Crippen LogP contribution is -2.38. The molecule has 0 aliphatic carbocycles. The van der Waals surface area contributed by atoms with Crippen molar-refractivity contribution in [2.45, 2.75) is 19.8 Å². The highest BCUT2D eigenvalue weighted by Crippen LogP contribution is 2.08. The van der Waals surface area contributed by atoms with Crippen LogP contribution in [-0.4, -0.2) is 49.4 Å². The van der Waals surface area contributed by atoms with Crippen LogP contribution < -0.4 is 5.73 Å². The van der Waals surface area contributed by atoms with E-state index in [2.05, 4.69) is 11.8 Å². The molecule has 2 N–H and O–H groups in total. The molecule has 0 saturated carbocycles. The molecule has 0 aliphatic heterocycles. The monoisotopic (exact) mass is 263 g/mol. The maximum atomic E-state index is 12.3. The van der Waals surface area contributed by atoms with Crippen LogP contribution in [0.25, 0.3) is 0 Å². The van der Waals surface area contributed by atoms with Crippen molar-refractivity contribution >= 4 is 11.6 Å². The van der Waals surface area contributed by atoms with E-state index in [0.717, 1.165) is 37.3 Å². The van der Waals surface area contributed by atoms with Gasteiger partial charge < -0.3 is 15.5 Å². The van der Waals surface area contributed by atoms with E-state index in [-0.39, 0.29) is 5.91 Å². The first-order valence-electron chi connectivity index (χ1n) is 6.80. The fourth-order valence-corrected chi connectivity index (χ4v) is 1.87. The van der Waals surface area contributed by atoms with E-state index in [4.69, 9.17) is 5.73 Å². The van der Waals surface area contributed by atoms with Crippen molar-refractivity contribution in [2.24, 2.45) is 0 Å². The summed E-state index contributed by atoms with van der Waals surface area (Å²) >= 11 is 0. The van der Waals surface area contributed by atoms with Gasteiger partial charge in [-0.25, -0.2) is 0 Å². The van der Waals surface area contributed by atoms with Crippen LogP contribution in [0.5, 0.6) is 0 Å². The van der Waals surface area contributed by atoms with Crippen LogP contribution in [0.2, 0.25) is 0 Å². The van der Waals surface area contributed by atoms with Gasteiger partial charge >= 0.3 is 0 Å². The Kier molecular flexibility index (Phi) is 6.36. The number of likely N-dealkylation sites (N-methyl/N-ethyl adjacent to an activating group) is 1. The summed E-state index contributed by atoms with van der Waals surface area (Å²) < 4.78 is 0. The number of rotatable bonds is 7. The highest BCUT2D eigenvalue weighted by atomic mass is 16.2. The summed E-state index contributed by atoms with van der Waals surface area (Å²) in [6, 6.07) is 7.52. The van der Waals surface area contributed by atoms with Crippen LogP contribution in [0.1, 0.15) is 18.9 Å². The molecule has 0 radical (unpaired) electrons. The van der Waals surface area contributed by atoms with Gasteiger partial charge in [-0.2, -0.15) is 0 Å². The van der Waals surface area contributed by atoms with Gasteiger partial charge in [0.2, 0.25) is 5.91 Å². The molecule has 0 saturated heterocycles. The number of benzene rings is 1. The van der Waals surface area contributed by atoms with Gasteiger partial charge in [0.25, 0.3) is 0 Å². The van der Waals surface area contributed by atoms with Crippen molar-refractivity contribution in [1.82, 2.24) is 9.80 Å². The van der Waals surface area contributed by atoms with Crippen molar-refractivity contribution < 1.29 is 4.79 Å². The number of nitrogen functional groups attached to an aromatic ring is 1. The molecule has 1 aromatic rings. The van der Waals surface area contributed by atoms with Gasteiger partial charge in [0.05, 0.1) is 6.42 Å². The number of nitrogens with zero attached hydrogens (tertiary/aromatic N) is 2. The summed E-state index contributed by atoms with van der Waals surface area (Å²) in [7, 11) is 4.04. The van der Waals surface area contributed by atoms with Crippen molar-refractivity contribution in [3.05, 3.63) is 29.8 Å². The number of hydrogen-bond donors (Lipinski definition) is 1. The largest absolute Gasteiger partial charge is 0.399 e. The first kappa shape index (κ1) is 15.5. The molecule has 0 atom stereocenters. The molecule has 0 spiro atoms. The molecule has 19 heavy (non-hydrogen) atoms. The third-order valence-electron chi connectivity index (χ3n) is 3.00. The second kappa shape index (κ2) is 7.79. The highest BCUT2D eigenvalue weighted by Gasteiger charge is 2.13. The SMILES string of the molecule is CCCN(CCN(C)C)C(=O)Cc1ccc(N)cc1. The van der Waals surface area contributed by atoms with Crippen LogP contribution in [0.3, 0.4) is 0 Å². The molecule has 0 unspecified atom stereocenters. The normalized spacial score (nSPS) is 10.7. The lowest BCUT2D eigenvalue weighted by Gasteiger charge is -2.24. The zero-order valence-electron chi connectivity index (χ0n) is 12.2. The second-order valence-corrected chi connectivity index (χ2v) is 5.10. The fraction of sp³-hybridized carbons (Fsp3) is 0.533. The Morgan fingerprint density at radius 1 is 1.11 bits per heavy atom. The topological polar surface area (TPSA) is 49.6 Å². The minimum absolute atomic E-state index is 0.188. The van der Waals surface area contributed by atoms with Gasteiger partial charge in [0.15, 0.2) is 0 Å². The van der Waals surface area contributed by atoms with Crippen LogP contribution in [-0.2, 0) is 11.2 Å². The average Bonchev–Trinajstić information content (AvgIpc) is 2.37. The molecule has 1 aromatic carbocycles. The third-order valence-corrected chi connectivity index (χ3v) is 3.00. The number of carbonyl (C=O) groups is 1. The number of amides is 1. The summed E-state index contributed by atoms with van der Waals surface area (Å²) in [6.07, 6.45) is 1.44. The van der Waals surface area contributed by atoms with E-state index in [1.54, 1.807) is 0 Å². The molecule has 0 bridgehead atoms. The standard InChI is InChI=1S/C15H25N3O/c1-4-9-18(11-10-17(2)3)15(19)12-13-5-7-14(16)8-6-13/h5-8H,4,9-12,16H2,1-3H3. The number of anilines is 1. The predicted octanol–water partition coefficient (Wildman–Crippen LogP) is 1.61. The average molecular weight is 263 g/mol. The Bertz CT molecular complexity index is 387. The Labute approximate surface area is 116 Å². The first-order valence-corrected chi connectivity index (χ1v) is 6.80. The molecule has 4 nitrogen and oxygen atoms in total. The smallest absolute Gasteiger partial charge is 0.227 e. The van der Waals surface area contributed by atoms with E-state index in [9.17, 15) is 4.79 Å². The van der Waals surface area contributed by atoms with Gasteiger partial charge in [-0.1, -0.05) is 19.1 Å². The van der Waals surface area contributed by atoms with E-state index in [1.165, 1.54) is 0 Å². The van der Waals surface area contributed by atoms with Crippen molar-refractivity contribution in [1.29, 1.82) is 0 Å². The van der Waals surface area contributed by atoms with Gasteiger partial charge in [-0.05, 0) is 38.2 Å². The Morgan fingerprint density at radius 3 is 2.26 bits per heavy atom. The van der Waals surface area contributed by atoms with E-state index < -0.39 is 0 Å². The Balaban J connectivity index is 2.58. The lowest BCUT2D eigenvalue weighted by molar-refractivity contribution is -0.130. The van der Waals surface area contributed by atoms with Crippen LogP contribution in [0, 0.1) is 0 Å². The van der Waals surface area contributed by atoms with Gasteiger partial charge in [0, 0.05) is 25.3 Å². The van der Waals surface area contributed by atoms with Crippen LogP contribution >= 0.6 is 0 Å². The number of carbonyl (C=O) groups excluding carboxylic acids is 1. The summed E-state index contributed by atoms with van der Waals surface area (Å²) in [5, 5.41) is 0. The molecule has 0 aromatic heterocycles. The zero-order valence-corrected chi connectivity index (χ0v) is 12.2. The molecule has 1 amide bonds. The highest BCUT2D eigenvalue weighted by molar-refractivity contribution is 5.78. The minimum atomic E-state index is 0.188. The van der Waals surface area contributed by atoms with E-state index in [1.807, 2.05) is 43.3 Å². The summed E-state index contributed by atoms with van der Waals surface area (Å²) in [5.74, 6) is 0.188. The third kappa shape index (κ3) is 5.75. The molecule has 106 valence electrons. The summed E-state index contributed by atoms with van der Waals surface area (Å²) in [6.45, 7) is 4.60. The molecular formula is C15H25N3O. The van der Waals surface area contributed by atoms with Crippen LogP contribution in [0.15, 0.2) is 24.3 Å². The molecule has 0 fully saturated rings. The van der Waals surface area contributed by atoms with E-state index in [0.29, 0.717) is 6.42 Å². The van der Waals surface area contributed by atoms with E-state index >= 15 is 0 Å². The lowest BCUT2D eigenvalue weighted by atomic mass is 10.1. The minimum Gasteiger partial charge on any atom is -0.399 e. The fourth-order valence-electron chi connectivity index (χ4n) is 1.87. The molecular weight excluding hydrogens is 238 g/mol. The maximum Gasteiger partial charge on any atom is 0.227 e. The Hall–Kier alpha value is -1.55. The quantitative estimate of drug-likeness (QED) is 0.760. The van der Waals surface area contributed by atoms with Crippen molar-refractivity contribution in [3.8, 4) is 0 Å².